The third-order valence-electron chi connectivity index (χ3n) is 4.66. The Morgan fingerprint density at radius 2 is 1.88 bits per heavy atom. The van der Waals surface area contributed by atoms with Crippen LogP contribution < -0.4 is 4.74 Å². The first-order valence-electron chi connectivity index (χ1n) is 8.41. The van der Waals surface area contributed by atoms with E-state index in [0.717, 1.165) is 24.3 Å². The molecule has 132 valence electrons. The maximum Gasteiger partial charge on any atom is 0.310 e. The van der Waals surface area contributed by atoms with Crippen LogP contribution in [0.1, 0.15) is 17.9 Å². The van der Waals surface area contributed by atoms with Gasteiger partial charge in [0.2, 0.25) is 0 Å². The van der Waals surface area contributed by atoms with Crippen molar-refractivity contribution in [3.63, 3.8) is 0 Å². The molecule has 1 saturated heterocycles. The predicted octanol–water partition coefficient (Wildman–Crippen LogP) is 3.96. The number of halogens is 1. The van der Waals surface area contributed by atoms with Gasteiger partial charge in [-0.2, -0.15) is 0 Å². The summed E-state index contributed by atoms with van der Waals surface area (Å²) in [5, 5.41) is 0.701. The van der Waals surface area contributed by atoms with Gasteiger partial charge in [0, 0.05) is 18.1 Å². The Hall–Kier alpha value is -2.04. The fourth-order valence-electron chi connectivity index (χ4n) is 3.32. The van der Waals surface area contributed by atoms with Gasteiger partial charge in [-0.3, -0.25) is 9.69 Å². The summed E-state index contributed by atoms with van der Waals surface area (Å²) < 4.78 is 10.9. The zero-order valence-corrected chi connectivity index (χ0v) is 15.0. The average Bonchev–Trinajstić information content (AvgIpc) is 2.67. The number of rotatable bonds is 5. The van der Waals surface area contributed by atoms with Gasteiger partial charge in [0.1, 0.15) is 12.5 Å². The Balaban J connectivity index is 1.67. The fraction of sp³-hybridized carbons (Fsp3) is 0.350. The Morgan fingerprint density at radius 1 is 1.16 bits per heavy atom. The molecule has 1 aliphatic rings. The van der Waals surface area contributed by atoms with Crippen molar-refractivity contribution < 1.29 is 14.3 Å². The fourth-order valence-corrected chi connectivity index (χ4v) is 3.44. The Labute approximate surface area is 153 Å². The number of piperidine rings is 1. The van der Waals surface area contributed by atoms with Crippen LogP contribution in [0.25, 0.3) is 0 Å². The number of para-hydroxylation sites is 1. The van der Waals surface area contributed by atoms with Crippen molar-refractivity contribution >= 4 is 17.6 Å². The minimum Gasteiger partial charge on any atom is -0.478 e. The molecular weight excluding hydrogens is 338 g/mol. The topological polar surface area (TPSA) is 38.8 Å². The van der Waals surface area contributed by atoms with Crippen LogP contribution in [0.15, 0.2) is 54.6 Å². The summed E-state index contributed by atoms with van der Waals surface area (Å²) in [5.41, 5.74) is 1.13. The van der Waals surface area contributed by atoms with E-state index in [9.17, 15) is 4.79 Å². The molecule has 0 bridgehead atoms. The second kappa shape index (κ2) is 8.37. The molecule has 0 N–H and O–H groups in total. The lowest BCUT2D eigenvalue weighted by Gasteiger charge is -2.37. The molecule has 0 radical (unpaired) electrons. The van der Waals surface area contributed by atoms with Gasteiger partial charge < -0.3 is 9.47 Å². The predicted molar refractivity (Wildman–Crippen MR) is 97.8 cm³/mol. The van der Waals surface area contributed by atoms with E-state index in [1.165, 1.54) is 7.11 Å². The van der Waals surface area contributed by atoms with E-state index in [2.05, 4.69) is 4.90 Å². The molecule has 0 aromatic heterocycles. The highest BCUT2D eigenvalue weighted by Gasteiger charge is 2.36. The van der Waals surface area contributed by atoms with Gasteiger partial charge in [0.05, 0.1) is 13.0 Å². The molecule has 0 saturated carbocycles. The Morgan fingerprint density at radius 3 is 2.56 bits per heavy atom. The summed E-state index contributed by atoms with van der Waals surface area (Å²) in [5.74, 6) is 0.582. The van der Waals surface area contributed by atoms with Crippen molar-refractivity contribution in [3.8, 4) is 5.75 Å². The maximum absolute atomic E-state index is 12.3. The molecule has 1 fully saturated rings. The molecule has 25 heavy (non-hydrogen) atoms. The lowest BCUT2D eigenvalue weighted by molar-refractivity contribution is -0.148. The van der Waals surface area contributed by atoms with Gasteiger partial charge in [-0.1, -0.05) is 41.9 Å². The van der Waals surface area contributed by atoms with E-state index in [-0.39, 0.29) is 17.8 Å². The first-order chi connectivity index (χ1) is 12.2. The van der Waals surface area contributed by atoms with Crippen LogP contribution in [0.3, 0.4) is 0 Å². The maximum atomic E-state index is 12.3. The number of ether oxygens (including phenoxy) is 2. The standard InChI is InChI=1S/C20H22ClNO3/c1-24-20(23)19-13-22(14-25-17-5-3-2-4-6-17)12-11-18(19)15-7-9-16(21)10-8-15/h2-10,18-19H,11-14H2,1H3. The highest BCUT2D eigenvalue weighted by molar-refractivity contribution is 6.30. The first kappa shape index (κ1) is 17.8. The smallest absolute Gasteiger partial charge is 0.310 e. The van der Waals surface area contributed by atoms with Crippen molar-refractivity contribution in [1.82, 2.24) is 4.90 Å². The number of nitrogens with zero attached hydrogens (tertiary/aromatic N) is 1. The lowest BCUT2D eigenvalue weighted by Crippen LogP contribution is -2.44. The second-order valence-corrected chi connectivity index (χ2v) is 6.68. The lowest BCUT2D eigenvalue weighted by atomic mass is 9.80. The number of hydrogen-bond acceptors (Lipinski definition) is 4. The minimum absolute atomic E-state index is 0.137. The summed E-state index contributed by atoms with van der Waals surface area (Å²) in [6, 6.07) is 17.4. The Bertz CT molecular complexity index is 690. The molecule has 2 unspecified atom stereocenters. The van der Waals surface area contributed by atoms with Crippen LogP contribution in [0.4, 0.5) is 0 Å². The third-order valence-corrected chi connectivity index (χ3v) is 4.91. The zero-order valence-electron chi connectivity index (χ0n) is 14.2. The summed E-state index contributed by atoms with van der Waals surface area (Å²) in [7, 11) is 1.45. The molecule has 5 heteroatoms. The van der Waals surface area contributed by atoms with Crippen LogP contribution in [0.5, 0.6) is 5.75 Å². The number of carbonyl (C=O) groups is 1. The number of carbonyl (C=O) groups excluding carboxylic acids is 1. The molecule has 2 atom stereocenters. The monoisotopic (exact) mass is 359 g/mol. The first-order valence-corrected chi connectivity index (χ1v) is 8.78. The molecular formula is C20H22ClNO3. The van der Waals surface area contributed by atoms with E-state index < -0.39 is 0 Å². The van der Waals surface area contributed by atoms with Gasteiger partial charge in [-0.05, 0) is 42.2 Å². The average molecular weight is 360 g/mol. The van der Waals surface area contributed by atoms with Gasteiger partial charge in [0.15, 0.2) is 0 Å². The van der Waals surface area contributed by atoms with Crippen molar-refractivity contribution in [2.45, 2.75) is 12.3 Å². The highest BCUT2D eigenvalue weighted by atomic mass is 35.5. The summed E-state index contributed by atoms with van der Waals surface area (Å²) in [4.78, 5) is 14.5. The van der Waals surface area contributed by atoms with Crippen molar-refractivity contribution in [2.24, 2.45) is 5.92 Å². The van der Waals surface area contributed by atoms with E-state index in [1.54, 1.807) is 0 Å². The normalized spacial score (nSPS) is 20.9. The van der Waals surface area contributed by atoms with E-state index in [1.807, 2.05) is 54.6 Å². The largest absolute Gasteiger partial charge is 0.478 e. The molecule has 0 aliphatic carbocycles. The van der Waals surface area contributed by atoms with Crippen LogP contribution in [-0.4, -0.2) is 37.8 Å². The molecule has 2 aromatic carbocycles. The summed E-state index contributed by atoms with van der Waals surface area (Å²) in [6.07, 6.45) is 0.875. The van der Waals surface area contributed by atoms with Crippen LogP contribution in [-0.2, 0) is 9.53 Å². The molecule has 3 rings (SSSR count). The molecule has 0 amide bonds. The van der Waals surface area contributed by atoms with Gasteiger partial charge in [-0.15, -0.1) is 0 Å². The Kier molecular flexibility index (Phi) is 5.95. The van der Waals surface area contributed by atoms with E-state index >= 15 is 0 Å². The third kappa shape index (κ3) is 4.53. The van der Waals surface area contributed by atoms with Crippen LogP contribution >= 0.6 is 11.6 Å². The van der Waals surface area contributed by atoms with Gasteiger partial charge in [0.25, 0.3) is 0 Å². The minimum atomic E-state index is -0.209. The second-order valence-electron chi connectivity index (χ2n) is 6.24. The highest BCUT2D eigenvalue weighted by Crippen LogP contribution is 2.34. The molecule has 2 aromatic rings. The molecule has 4 nitrogen and oxygen atoms in total. The number of methoxy groups -OCH3 is 1. The number of hydrogen-bond donors (Lipinski definition) is 0. The van der Waals surface area contributed by atoms with Crippen molar-refractivity contribution in [1.29, 1.82) is 0 Å². The zero-order chi connectivity index (χ0) is 17.6. The SMILES string of the molecule is COC(=O)C1CN(COc2ccccc2)CCC1c1ccc(Cl)cc1. The number of benzene rings is 2. The quantitative estimate of drug-likeness (QED) is 0.757. The van der Waals surface area contributed by atoms with Crippen molar-refractivity contribution in [2.75, 3.05) is 26.9 Å². The number of likely N-dealkylation sites (tertiary alicyclic amines) is 1. The molecule has 1 aliphatic heterocycles. The molecule has 1 heterocycles. The van der Waals surface area contributed by atoms with Gasteiger partial charge >= 0.3 is 5.97 Å². The summed E-state index contributed by atoms with van der Waals surface area (Å²) in [6.45, 7) is 1.95. The van der Waals surface area contributed by atoms with E-state index in [0.29, 0.717) is 18.3 Å². The molecule has 0 spiro atoms. The van der Waals surface area contributed by atoms with Crippen molar-refractivity contribution in [3.05, 3.63) is 65.2 Å². The number of esters is 1. The van der Waals surface area contributed by atoms with Gasteiger partial charge in [-0.25, -0.2) is 0 Å². The van der Waals surface area contributed by atoms with Crippen LogP contribution in [0, 0.1) is 5.92 Å². The summed E-state index contributed by atoms with van der Waals surface area (Å²) >= 11 is 5.98. The van der Waals surface area contributed by atoms with Crippen LogP contribution in [0.2, 0.25) is 5.02 Å². The van der Waals surface area contributed by atoms with E-state index in [4.69, 9.17) is 21.1 Å².